The molecule has 118 valence electrons. The second-order valence-corrected chi connectivity index (χ2v) is 6.84. The molecule has 1 aromatic carbocycles. The summed E-state index contributed by atoms with van der Waals surface area (Å²) in [5, 5.41) is 10.5. The van der Waals surface area contributed by atoms with E-state index < -0.39 is 23.4 Å². The summed E-state index contributed by atoms with van der Waals surface area (Å²) in [6, 6.07) is 4.70. The first-order chi connectivity index (χ1) is 9.42. The van der Waals surface area contributed by atoms with Crippen LogP contribution in [0, 0.1) is 5.92 Å². The molecule has 21 heavy (non-hydrogen) atoms. The van der Waals surface area contributed by atoms with E-state index in [1.54, 1.807) is 0 Å². The van der Waals surface area contributed by atoms with E-state index in [9.17, 15) is 18.3 Å². The summed E-state index contributed by atoms with van der Waals surface area (Å²) in [7, 11) is 0. The molecule has 1 heterocycles. The normalized spacial score (nSPS) is 25.8. The number of aliphatic hydroxyl groups excluding tert-OH is 1. The summed E-state index contributed by atoms with van der Waals surface area (Å²) in [5.41, 5.74) is -1.09. The second kappa shape index (κ2) is 4.99. The summed E-state index contributed by atoms with van der Waals surface area (Å²) in [6.07, 6.45) is -4.55. The molecule has 1 fully saturated rings. The number of aliphatic hydroxyl groups is 1. The molecule has 1 aliphatic heterocycles. The van der Waals surface area contributed by atoms with E-state index in [0.717, 1.165) is 12.1 Å². The SMILES string of the molecule is CC1(C)CC(C(O)c2ccc(C(F)(F)F)cc2)C(C)(C)O1. The molecule has 1 aromatic rings. The van der Waals surface area contributed by atoms with Crippen molar-refractivity contribution >= 4 is 0 Å². The molecular formula is C16H21F3O2. The van der Waals surface area contributed by atoms with Crippen molar-refractivity contribution in [2.24, 2.45) is 5.92 Å². The average Bonchev–Trinajstić information content (AvgIpc) is 2.55. The fourth-order valence-corrected chi connectivity index (χ4v) is 3.20. The number of halogens is 3. The fourth-order valence-electron chi connectivity index (χ4n) is 3.20. The summed E-state index contributed by atoms with van der Waals surface area (Å²) >= 11 is 0. The van der Waals surface area contributed by atoms with E-state index >= 15 is 0 Å². The fraction of sp³-hybridized carbons (Fsp3) is 0.625. The molecule has 0 aromatic heterocycles. The van der Waals surface area contributed by atoms with Crippen LogP contribution in [-0.4, -0.2) is 16.3 Å². The highest BCUT2D eigenvalue weighted by Crippen LogP contribution is 2.47. The van der Waals surface area contributed by atoms with Gasteiger partial charge in [0, 0.05) is 5.92 Å². The number of hydrogen-bond acceptors (Lipinski definition) is 2. The summed E-state index contributed by atoms with van der Waals surface area (Å²) in [4.78, 5) is 0. The minimum absolute atomic E-state index is 0.163. The van der Waals surface area contributed by atoms with Gasteiger partial charge in [0.25, 0.3) is 0 Å². The van der Waals surface area contributed by atoms with Gasteiger partial charge in [-0.2, -0.15) is 13.2 Å². The molecule has 0 aliphatic carbocycles. The van der Waals surface area contributed by atoms with Crippen LogP contribution in [0.3, 0.4) is 0 Å². The lowest BCUT2D eigenvalue weighted by molar-refractivity contribution is -0.137. The zero-order valence-electron chi connectivity index (χ0n) is 12.7. The molecule has 1 N–H and O–H groups in total. The molecular weight excluding hydrogens is 281 g/mol. The topological polar surface area (TPSA) is 29.5 Å². The Kier molecular flexibility index (Phi) is 3.87. The molecule has 0 amide bonds. The van der Waals surface area contributed by atoms with Crippen molar-refractivity contribution in [3.8, 4) is 0 Å². The molecule has 0 saturated carbocycles. The van der Waals surface area contributed by atoms with Crippen molar-refractivity contribution in [1.82, 2.24) is 0 Å². The number of hydrogen-bond donors (Lipinski definition) is 1. The van der Waals surface area contributed by atoms with Gasteiger partial charge < -0.3 is 9.84 Å². The van der Waals surface area contributed by atoms with E-state index in [1.807, 2.05) is 27.7 Å². The third-order valence-corrected chi connectivity index (χ3v) is 4.10. The Labute approximate surface area is 122 Å². The molecule has 5 heteroatoms. The molecule has 1 saturated heterocycles. The van der Waals surface area contributed by atoms with Crippen LogP contribution in [0.25, 0.3) is 0 Å². The Morgan fingerprint density at radius 1 is 1.14 bits per heavy atom. The van der Waals surface area contributed by atoms with Crippen molar-refractivity contribution in [1.29, 1.82) is 0 Å². The zero-order valence-corrected chi connectivity index (χ0v) is 12.7. The van der Waals surface area contributed by atoms with Gasteiger partial charge in [-0.1, -0.05) is 12.1 Å². The van der Waals surface area contributed by atoms with Gasteiger partial charge in [0.15, 0.2) is 0 Å². The Bertz CT molecular complexity index is 503. The first-order valence-electron chi connectivity index (χ1n) is 6.98. The average molecular weight is 302 g/mol. The van der Waals surface area contributed by atoms with Crippen LogP contribution in [0.5, 0.6) is 0 Å². The highest BCUT2D eigenvalue weighted by molar-refractivity contribution is 5.27. The van der Waals surface area contributed by atoms with Gasteiger partial charge in [-0.05, 0) is 51.8 Å². The van der Waals surface area contributed by atoms with E-state index in [-0.39, 0.29) is 11.5 Å². The molecule has 2 rings (SSSR count). The predicted molar refractivity (Wildman–Crippen MR) is 73.8 cm³/mol. The van der Waals surface area contributed by atoms with Crippen LogP contribution >= 0.6 is 0 Å². The lowest BCUT2D eigenvalue weighted by atomic mass is 9.80. The molecule has 0 spiro atoms. The summed E-state index contributed by atoms with van der Waals surface area (Å²) < 4.78 is 43.6. The van der Waals surface area contributed by atoms with Gasteiger partial charge in [0.05, 0.1) is 22.9 Å². The lowest BCUT2D eigenvalue weighted by Gasteiger charge is -2.30. The van der Waals surface area contributed by atoms with Crippen molar-refractivity contribution in [2.45, 2.75) is 57.6 Å². The Hall–Kier alpha value is -1.07. The number of rotatable bonds is 2. The van der Waals surface area contributed by atoms with E-state index in [2.05, 4.69) is 0 Å². The largest absolute Gasteiger partial charge is 0.416 e. The maximum Gasteiger partial charge on any atom is 0.416 e. The second-order valence-electron chi connectivity index (χ2n) is 6.84. The van der Waals surface area contributed by atoms with Crippen LogP contribution in [0.1, 0.15) is 51.3 Å². The first kappa shape index (κ1) is 16.3. The number of benzene rings is 1. The smallest absolute Gasteiger partial charge is 0.388 e. The van der Waals surface area contributed by atoms with E-state index in [1.165, 1.54) is 12.1 Å². The molecule has 2 nitrogen and oxygen atoms in total. The molecule has 2 unspecified atom stereocenters. The standard InChI is InChI=1S/C16H21F3O2/c1-14(2)9-12(15(3,4)21-14)13(20)10-5-7-11(8-6-10)16(17,18)19/h5-8,12-13,20H,9H2,1-4H3. The van der Waals surface area contributed by atoms with Gasteiger partial charge in [-0.25, -0.2) is 0 Å². The van der Waals surface area contributed by atoms with Crippen molar-refractivity contribution in [3.05, 3.63) is 35.4 Å². The van der Waals surface area contributed by atoms with Gasteiger partial charge in [-0.3, -0.25) is 0 Å². The van der Waals surface area contributed by atoms with Crippen LogP contribution in [0.15, 0.2) is 24.3 Å². The maximum absolute atomic E-state index is 12.6. The zero-order chi connectivity index (χ0) is 16.1. The Morgan fingerprint density at radius 3 is 2.05 bits per heavy atom. The predicted octanol–water partition coefficient (Wildman–Crippen LogP) is 4.33. The van der Waals surface area contributed by atoms with Gasteiger partial charge in [0.2, 0.25) is 0 Å². The lowest BCUT2D eigenvalue weighted by Crippen LogP contribution is -2.32. The monoisotopic (exact) mass is 302 g/mol. The van der Waals surface area contributed by atoms with Crippen LogP contribution in [0.4, 0.5) is 13.2 Å². The number of alkyl halides is 3. The van der Waals surface area contributed by atoms with Crippen molar-refractivity contribution < 1.29 is 23.0 Å². The van der Waals surface area contributed by atoms with E-state index in [0.29, 0.717) is 12.0 Å². The minimum Gasteiger partial charge on any atom is -0.388 e. The summed E-state index contributed by atoms with van der Waals surface area (Å²) in [6.45, 7) is 7.71. The Morgan fingerprint density at radius 2 is 1.67 bits per heavy atom. The highest BCUT2D eigenvalue weighted by Gasteiger charge is 2.49. The summed E-state index contributed by atoms with van der Waals surface area (Å²) in [5.74, 6) is -0.163. The molecule has 0 radical (unpaired) electrons. The van der Waals surface area contributed by atoms with E-state index in [4.69, 9.17) is 4.74 Å². The van der Waals surface area contributed by atoms with Gasteiger partial charge in [-0.15, -0.1) is 0 Å². The first-order valence-corrected chi connectivity index (χ1v) is 6.98. The van der Waals surface area contributed by atoms with Crippen LogP contribution in [0.2, 0.25) is 0 Å². The van der Waals surface area contributed by atoms with Gasteiger partial charge in [0.1, 0.15) is 0 Å². The minimum atomic E-state index is -4.36. The van der Waals surface area contributed by atoms with Crippen molar-refractivity contribution in [2.75, 3.05) is 0 Å². The Balaban J connectivity index is 2.23. The van der Waals surface area contributed by atoms with Crippen LogP contribution in [-0.2, 0) is 10.9 Å². The molecule has 2 atom stereocenters. The highest BCUT2D eigenvalue weighted by atomic mass is 19.4. The maximum atomic E-state index is 12.6. The third-order valence-electron chi connectivity index (χ3n) is 4.10. The third kappa shape index (κ3) is 3.40. The van der Waals surface area contributed by atoms with Crippen LogP contribution < -0.4 is 0 Å². The van der Waals surface area contributed by atoms with Gasteiger partial charge >= 0.3 is 6.18 Å². The molecule has 0 bridgehead atoms. The van der Waals surface area contributed by atoms with Crippen molar-refractivity contribution in [3.63, 3.8) is 0 Å². The quantitative estimate of drug-likeness (QED) is 0.881. The molecule has 1 aliphatic rings. The number of ether oxygens (including phenoxy) is 1.